The number of aryl methyl sites for hydroxylation is 1. The molecule has 0 radical (unpaired) electrons. The standard InChI is InChI=1S/C13H21N3O/c1-11-7-16-12(9-15-11)8-14-10-13(17)5-3-2-4-6-13/h7,9,14,17H,2-6,8,10H2,1H3. The summed E-state index contributed by atoms with van der Waals surface area (Å²) in [7, 11) is 0. The Bertz CT molecular complexity index is 344. The van der Waals surface area contributed by atoms with E-state index in [1.807, 2.05) is 6.92 Å². The molecule has 0 unspecified atom stereocenters. The molecule has 0 saturated heterocycles. The third kappa shape index (κ3) is 3.75. The van der Waals surface area contributed by atoms with Gasteiger partial charge in [-0.25, -0.2) is 0 Å². The molecular formula is C13H21N3O. The summed E-state index contributed by atoms with van der Waals surface area (Å²) in [5, 5.41) is 13.6. The average molecular weight is 235 g/mol. The molecule has 4 nitrogen and oxygen atoms in total. The number of nitrogens with zero attached hydrogens (tertiary/aromatic N) is 2. The Labute approximate surface area is 102 Å². The smallest absolute Gasteiger partial charge is 0.0771 e. The minimum atomic E-state index is -0.504. The summed E-state index contributed by atoms with van der Waals surface area (Å²) in [5.41, 5.74) is 1.35. The van der Waals surface area contributed by atoms with E-state index in [2.05, 4.69) is 15.3 Å². The highest BCUT2D eigenvalue weighted by molar-refractivity contribution is 5.00. The Morgan fingerprint density at radius 3 is 2.65 bits per heavy atom. The van der Waals surface area contributed by atoms with E-state index in [0.29, 0.717) is 13.1 Å². The lowest BCUT2D eigenvalue weighted by atomic mass is 9.85. The fraction of sp³-hybridized carbons (Fsp3) is 0.692. The highest BCUT2D eigenvalue weighted by atomic mass is 16.3. The Balaban J connectivity index is 1.77. The van der Waals surface area contributed by atoms with Crippen molar-refractivity contribution in [3.8, 4) is 0 Å². The Morgan fingerprint density at radius 2 is 2.00 bits per heavy atom. The van der Waals surface area contributed by atoms with Crippen molar-refractivity contribution in [1.29, 1.82) is 0 Å². The van der Waals surface area contributed by atoms with Crippen molar-refractivity contribution >= 4 is 0 Å². The van der Waals surface area contributed by atoms with Crippen molar-refractivity contribution in [3.63, 3.8) is 0 Å². The largest absolute Gasteiger partial charge is 0.389 e. The molecule has 1 aliphatic carbocycles. The lowest BCUT2D eigenvalue weighted by Crippen LogP contribution is -2.42. The molecule has 4 heteroatoms. The number of hydrogen-bond acceptors (Lipinski definition) is 4. The summed E-state index contributed by atoms with van der Waals surface area (Å²) >= 11 is 0. The second-order valence-corrected chi connectivity index (χ2v) is 5.04. The molecule has 1 aromatic heterocycles. The zero-order valence-electron chi connectivity index (χ0n) is 10.4. The normalized spacial score (nSPS) is 19.2. The summed E-state index contributed by atoms with van der Waals surface area (Å²) in [5.74, 6) is 0. The van der Waals surface area contributed by atoms with Crippen LogP contribution in [0.2, 0.25) is 0 Å². The van der Waals surface area contributed by atoms with Crippen LogP contribution in [0.3, 0.4) is 0 Å². The van der Waals surface area contributed by atoms with E-state index in [1.54, 1.807) is 12.4 Å². The van der Waals surface area contributed by atoms with Crippen LogP contribution in [0.25, 0.3) is 0 Å². The second kappa shape index (κ2) is 5.56. The van der Waals surface area contributed by atoms with Gasteiger partial charge in [0.1, 0.15) is 0 Å². The van der Waals surface area contributed by atoms with Crippen molar-refractivity contribution in [3.05, 3.63) is 23.8 Å². The van der Waals surface area contributed by atoms with Crippen LogP contribution in [-0.2, 0) is 6.54 Å². The molecule has 0 atom stereocenters. The quantitative estimate of drug-likeness (QED) is 0.831. The topological polar surface area (TPSA) is 58.0 Å². The van der Waals surface area contributed by atoms with Crippen LogP contribution in [0.4, 0.5) is 0 Å². The van der Waals surface area contributed by atoms with E-state index < -0.39 is 5.60 Å². The molecule has 1 aliphatic rings. The number of hydrogen-bond donors (Lipinski definition) is 2. The lowest BCUT2D eigenvalue weighted by Gasteiger charge is -2.32. The maximum Gasteiger partial charge on any atom is 0.0771 e. The highest BCUT2D eigenvalue weighted by Gasteiger charge is 2.28. The molecule has 1 heterocycles. The minimum absolute atomic E-state index is 0.504. The molecule has 1 saturated carbocycles. The van der Waals surface area contributed by atoms with Crippen molar-refractivity contribution in [2.24, 2.45) is 0 Å². The summed E-state index contributed by atoms with van der Waals surface area (Å²) in [4.78, 5) is 8.47. The molecule has 0 bridgehead atoms. The van der Waals surface area contributed by atoms with E-state index in [4.69, 9.17) is 0 Å². The van der Waals surface area contributed by atoms with Crippen LogP contribution in [-0.4, -0.2) is 27.2 Å². The van der Waals surface area contributed by atoms with Gasteiger partial charge in [-0.3, -0.25) is 9.97 Å². The first-order valence-electron chi connectivity index (χ1n) is 6.39. The van der Waals surface area contributed by atoms with E-state index in [0.717, 1.165) is 37.1 Å². The van der Waals surface area contributed by atoms with Gasteiger partial charge in [0.25, 0.3) is 0 Å². The Kier molecular flexibility index (Phi) is 4.07. The van der Waals surface area contributed by atoms with Crippen molar-refractivity contribution in [2.75, 3.05) is 6.54 Å². The van der Waals surface area contributed by atoms with Crippen LogP contribution < -0.4 is 5.32 Å². The zero-order chi connectivity index (χ0) is 12.1. The summed E-state index contributed by atoms with van der Waals surface area (Å²) in [6.45, 7) is 3.26. The van der Waals surface area contributed by atoms with Crippen LogP contribution in [0.15, 0.2) is 12.4 Å². The van der Waals surface area contributed by atoms with Gasteiger partial charge in [0, 0.05) is 25.5 Å². The molecule has 2 rings (SSSR count). The van der Waals surface area contributed by atoms with Crippen LogP contribution >= 0.6 is 0 Å². The zero-order valence-corrected chi connectivity index (χ0v) is 10.4. The van der Waals surface area contributed by atoms with Gasteiger partial charge < -0.3 is 10.4 Å². The Morgan fingerprint density at radius 1 is 1.24 bits per heavy atom. The third-order valence-electron chi connectivity index (χ3n) is 3.38. The van der Waals surface area contributed by atoms with Gasteiger partial charge in [-0.15, -0.1) is 0 Å². The van der Waals surface area contributed by atoms with Crippen LogP contribution in [0.5, 0.6) is 0 Å². The van der Waals surface area contributed by atoms with Crippen molar-refractivity contribution in [2.45, 2.75) is 51.2 Å². The van der Waals surface area contributed by atoms with E-state index in [9.17, 15) is 5.11 Å². The van der Waals surface area contributed by atoms with E-state index >= 15 is 0 Å². The fourth-order valence-electron chi connectivity index (χ4n) is 2.32. The highest BCUT2D eigenvalue weighted by Crippen LogP contribution is 2.27. The maximum absolute atomic E-state index is 10.3. The van der Waals surface area contributed by atoms with Crippen LogP contribution in [0, 0.1) is 6.92 Å². The number of rotatable bonds is 4. The Hall–Kier alpha value is -1.00. The van der Waals surface area contributed by atoms with Gasteiger partial charge >= 0.3 is 0 Å². The number of aromatic nitrogens is 2. The fourth-order valence-corrected chi connectivity index (χ4v) is 2.32. The molecule has 17 heavy (non-hydrogen) atoms. The van der Waals surface area contributed by atoms with Crippen LogP contribution in [0.1, 0.15) is 43.5 Å². The molecule has 1 fully saturated rings. The predicted octanol–water partition coefficient (Wildman–Crippen LogP) is 1.57. The van der Waals surface area contributed by atoms with Gasteiger partial charge in [0.05, 0.1) is 17.0 Å². The molecule has 0 aliphatic heterocycles. The van der Waals surface area contributed by atoms with Gasteiger partial charge in [-0.05, 0) is 19.8 Å². The molecule has 0 aromatic carbocycles. The molecule has 0 amide bonds. The summed E-state index contributed by atoms with van der Waals surface area (Å²) < 4.78 is 0. The minimum Gasteiger partial charge on any atom is -0.389 e. The number of nitrogens with one attached hydrogen (secondary N) is 1. The summed E-state index contributed by atoms with van der Waals surface area (Å²) in [6, 6.07) is 0. The summed E-state index contributed by atoms with van der Waals surface area (Å²) in [6.07, 6.45) is 8.93. The first kappa shape index (κ1) is 12.5. The molecule has 94 valence electrons. The molecule has 2 N–H and O–H groups in total. The van der Waals surface area contributed by atoms with Crippen molar-refractivity contribution in [1.82, 2.24) is 15.3 Å². The maximum atomic E-state index is 10.3. The predicted molar refractivity (Wildman–Crippen MR) is 66.5 cm³/mol. The second-order valence-electron chi connectivity index (χ2n) is 5.04. The average Bonchev–Trinajstić information content (AvgIpc) is 2.32. The van der Waals surface area contributed by atoms with Gasteiger partial charge in [0.15, 0.2) is 0 Å². The SMILES string of the molecule is Cc1cnc(CNCC2(O)CCCCC2)cn1. The van der Waals surface area contributed by atoms with Gasteiger partial charge in [-0.2, -0.15) is 0 Å². The van der Waals surface area contributed by atoms with Crippen molar-refractivity contribution < 1.29 is 5.11 Å². The molecule has 1 aromatic rings. The monoisotopic (exact) mass is 235 g/mol. The third-order valence-corrected chi connectivity index (χ3v) is 3.38. The number of aliphatic hydroxyl groups is 1. The first-order chi connectivity index (χ1) is 8.18. The van der Waals surface area contributed by atoms with Gasteiger partial charge in [-0.1, -0.05) is 19.3 Å². The molecule has 0 spiro atoms. The van der Waals surface area contributed by atoms with E-state index in [-0.39, 0.29) is 0 Å². The van der Waals surface area contributed by atoms with Gasteiger partial charge in [0.2, 0.25) is 0 Å². The molecular weight excluding hydrogens is 214 g/mol. The lowest BCUT2D eigenvalue weighted by molar-refractivity contribution is 0.00461. The first-order valence-corrected chi connectivity index (χ1v) is 6.39. The van der Waals surface area contributed by atoms with E-state index in [1.165, 1.54) is 6.42 Å².